The highest BCUT2D eigenvalue weighted by atomic mass is 79.9. The quantitative estimate of drug-likeness (QED) is 0.327. The zero-order chi connectivity index (χ0) is 21.1. The summed E-state index contributed by atoms with van der Waals surface area (Å²) in [4.78, 5) is 28.1. The van der Waals surface area contributed by atoms with Crippen LogP contribution in [-0.4, -0.2) is 40.7 Å². The second-order valence-electron chi connectivity index (χ2n) is 6.54. The lowest BCUT2D eigenvalue weighted by atomic mass is 10.2. The summed E-state index contributed by atoms with van der Waals surface area (Å²) in [6, 6.07) is 7.07. The van der Waals surface area contributed by atoms with Crippen molar-refractivity contribution in [1.29, 1.82) is 0 Å². The van der Waals surface area contributed by atoms with E-state index < -0.39 is 0 Å². The molecule has 0 atom stereocenters. The van der Waals surface area contributed by atoms with Crippen molar-refractivity contribution >= 4 is 33.4 Å². The van der Waals surface area contributed by atoms with Crippen molar-refractivity contribution in [2.24, 2.45) is 7.05 Å². The number of aryl methyl sites for hydroxylation is 1. The Morgan fingerprint density at radius 1 is 1.30 bits per heavy atom. The third kappa shape index (κ3) is 4.20. The van der Waals surface area contributed by atoms with E-state index in [2.05, 4.69) is 46.5 Å². The van der Waals surface area contributed by atoms with Crippen molar-refractivity contribution in [3.8, 4) is 11.6 Å². The van der Waals surface area contributed by atoms with Gasteiger partial charge in [-0.05, 0) is 34.1 Å². The zero-order valence-corrected chi connectivity index (χ0v) is 17.6. The Morgan fingerprint density at radius 3 is 2.90 bits per heavy atom. The van der Waals surface area contributed by atoms with E-state index >= 15 is 0 Å². The van der Waals surface area contributed by atoms with Crippen LogP contribution in [-0.2, 0) is 13.5 Å². The maximum Gasteiger partial charge on any atom is 0.335 e. The Labute approximate surface area is 179 Å². The molecular formula is C19H19BrN8O2. The highest BCUT2D eigenvalue weighted by molar-refractivity contribution is 9.10. The molecule has 0 amide bonds. The Balaban J connectivity index is 1.51. The Morgan fingerprint density at radius 2 is 2.17 bits per heavy atom. The Kier molecular flexibility index (Phi) is 5.53. The van der Waals surface area contributed by atoms with E-state index in [9.17, 15) is 9.90 Å². The monoisotopic (exact) mass is 470 g/mol. The van der Waals surface area contributed by atoms with Crippen LogP contribution < -0.4 is 16.3 Å². The van der Waals surface area contributed by atoms with Crippen LogP contribution in [0.1, 0.15) is 5.69 Å². The number of nitrogens with one attached hydrogen (secondary N) is 3. The van der Waals surface area contributed by atoms with Gasteiger partial charge >= 0.3 is 5.69 Å². The lowest BCUT2D eigenvalue weighted by Gasteiger charge is -2.11. The highest BCUT2D eigenvalue weighted by Gasteiger charge is 2.11. The maximum absolute atomic E-state index is 12.2. The van der Waals surface area contributed by atoms with Crippen molar-refractivity contribution in [2.75, 3.05) is 17.2 Å². The molecule has 0 radical (unpaired) electrons. The predicted molar refractivity (Wildman–Crippen MR) is 116 cm³/mol. The van der Waals surface area contributed by atoms with Crippen LogP contribution in [0.3, 0.4) is 0 Å². The molecule has 4 rings (SSSR count). The first kappa shape index (κ1) is 19.7. The van der Waals surface area contributed by atoms with Gasteiger partial charge in [-0.1, -0.05) is 6.07 Å². The van der Waals surface area contributed by atoms with Gasteiger partial charge in [-0.15, -0.1) is 0 Å². The van der Waals surface area contributed by atoms with Crippen molar-refractivity contribution in [3.63, 3.8) is 0 Å². The highest BCUT2D eigenvalue weighted by Crippen LogP contribution is 2.23. The van der Waals surface area contributed by atoms with Gasteiger partial charge < -0.3 is 20.7 Å². The van der Waals surface area contributed by atoms with Gasteiger partial charge in [0.1, 0.15) is 5.82 Å². The number of hydrogen-bond acceptors (Lipinski definition) is 7. The number of nitrogens with zero attached hydrogens (tertiary/aromatic N) is 5. The van der Waals surface area contributed by atoms with E-state index in [0.717, 1.165) is 16.6 Å². The molecular weight excluding hydrogens is 452 g/mol. The number of H-pyrrole nitrogens is 1. The van der Waals surface area contributed by atoms with Crippen molar-refractivity contribution in [2.45, 2.75) is 6.42 Å². The molecule has 0 bridgehead atoms. The van der Waals surface area contributed by atoms with E-state index in [1.165, 1.54) is 15.3 Å². The van der Waals surface area contributed by atoms with Gasteiger partial charge in [0.2, 0.25) is 11.8 Å². The Bertz CT molecular complexity index is 1220. The first-order valence-corrected chi connectivity index (χ1v) is 9.89. The lowest BCUT2D eigenvalue weighted by Crippen LogP contribution is -2.20. The normalized spacial score (nSPS) is 10.9. The summed E-state index contributed by atoms with van der Waals surface area (Å²) in [5.41, 5.74) is 1.89. The van der Waals surface area contributed by atoms with E-state index in [0.29, 0.717) is 29.7 Å². The fourth-order valence-corrected chi connectivity index (χ4v) is 3.26. The van der Waals surface area contributed by atoms with Crippen LogP contribution in [0, 0.1) is 0 Å². The molecule has 3 aromatic heterocycles. The molecule has 1 aromatic carbocycles. The average molecular weight is 471 g/mol. The number of aromatic nitrogens is 6. The molecule has 0 saturated heterocycles. The van der Waals surface area contributed by atoms with Gasteiger partial charge in [0.05, 0.1) is 22.7 Å². The molecule has 4 aromatic rings. The number of benzene rings is 1. The second kappa shape index (κ2) is 8.41. The third-order valence-electron chi connectivity index (χ3n) is 4.38. The number of hydrogen-bond donors (Lipinski definition) is 4. The number of rotatable bonds is 7. The van der Waals surface area contributed by atoms with Crippen LogP contribution in [0.2, 0.25) is 0 Å². The molecule has 0 aliphatic carbocycles. The third-order valence-corrected chi connectivity index (χ3v) is 4.96. The van der Waals surface area contributed by atoms with Gasteiger partial charge in [0, 0.05) is 43.8 Å². The van der Waals surface area contributed by atoms with E-state index in [4.69, 9.17) is 0 Å². The van der Waals surface area contributed by atoms with Crippen LogP contribution >= 0.6 is 15.9 Å². The first-order chi connectivity index (χ1) is 14.5. The summed E-state index contributed by atoms with van der Waals surface area (Å²) in [6.45, 7) is 0.670. The molecule has 154 valence electrons. The number of halogens is 1. The molecule has 0 saturated carbocycles. The number of anilines is 3. The topological polar surface area (TPSA) is 126 Å². The van der Waals surface area contributed by atoms with Crippen molar-refractivity contribution in [3.05, 3.63) is 69.8 Å². The minimum absolute atomic E-state index is 0.136. The van der Waals surface area contributed by atoms with Gasteiger partial charge in [-0.2, -0.15) is 4.98 Å². The largest absolute Gasteiger partial charge is 0.493 e. The van der Waals surface area contributed by atoms with Crippen LogP contribution in [0.4, 0.5) is 17.5 Å². The van der Waals surface area contributed by atoms with Crippen LogP contribution in [0.5, 0.6) is 5.88 Å². The van der Waals surface area contributed by atoms with Gasteiger partial charge in [0.25, 0.3) is 0 Å². The van der Waals surface area contributed by atoms with E-state index in [1.807, 2.05) is 6.07 Å². The molecule has 0 fully saturated rings. The summed E-state index contributed by atoms with van der Waals surface area (Å²) in [6.07, 6.45) is 7.23. The SMILES string of the molecule is Cn1cc(O)n(-c2cccc(Nc3ncc(Br)c(NCCc4cnc[nH]4)n3)c2)c1=O. The number of imidazole rings is 2. The minimum atomic E-state index is -0.340. The minimum Gasteiger partial charge on any atom is -0.493 e. The zero-order valence-electron chi connectivity index (χ0n) is 16.0. The van der Waals surface area contributed by atoms with E-state index in [-0.39, 0.29) is 11.6 Å². The van der Waals surface area contributed by atoms with Crippen LogP contribution in [0.15, 0.2) is 58.5 Å². The van der Waals surface area contributed by atoms with Crippen molar-refractivity contribution in [1.82, 2.24) is 29.1 Å². The van der Waals surface area contributed by atoms with Gasteiger partial charge in [0.15, 0.2) is 0 Å². The standard InChI is InChI=1S/C19H19BrN8O2/c1-27-10-16(29)28(19(27)30)14-4-2-3-12(7-14)25-18-23-9-15(20)17(26-18)22-6-5-13-8-21-11-24-13/h2-4,7-11,29H,5-6H2,1H3,(H,21,24)(H2,22,23,25,26). The first-order valence-electron chi connectivity index (χ1n) is 9.10. The summed E-state index contributed by atoms with van der Waals surface area (Å²) in [5, 5.41) is 16.4. The average Bonchev–Trinajstić information content (AvgIpc) is 3.32. The second-order valence-corrected chi connectivity index (χ2v) is 7.39. The molecule has 11 heteroatoms. The number of aromatic amines is 1. The molecule has 0 aliphatic heterocycles. The van der Waals surface area contributed by atoms with Crippen LogP contribution in [0.25, 0.3) is 5.69 Å². The summed E-state index contributed by atoms with van der Waals surface area (Å²) >= 11 is 3.45. The summed E-state index contributed by atoms with van der Waals surface area (Å²) in [7, 11) is 1.58. The molecule has 0 unspecified atom stereocenters. The van der Waals surface area contributed by atoms with Gasteiger partial charge in [-0.3, -0.25) is 4.57 Å². The Hall–Kier alpha value is -3.60. The molecule has 3 heterocycles. The van der Waals surface area contributed by atoms with Crippen molar-refractivity contribution < 1.29 is 5.11 Å². The molecule has 4 N–H and O–H groups in total. The molecule has 0 aliphatic rings. The van der Waals surface area contributed by atoms with Gasteiger partial charge in [-0.25, -0.2) is 19.3 Å². The lowest BCUT2D eigenvalue weighted by molar-refractivity contribution is 0.441. The summed E-state index contributed by atoms with van der Waals surface area (Å²) < 4.78 is 3.28. The molecule has 10 nitrogen and oxygen atoms in total. The fourth-order valence-electron chi connectivity index (χ4n) is 2.92. The maximum atomic E-state index is 12.2. The number of aromatic hydroxyl groups is 1. The predicted octanol–water partition coefficient (Wildman–Crippen LogP) is 2.56. The molecule has 30 heavy (non-hydrogen) atoms. The smallest absolute Gasteiger partial charge is 0.335 e. The fraction of sp³-hybridized carbons (Fsp3) is 0.158. The van der Waals surface area contributed by atoms with E-state index in [1.54, 1.807) is 44.0 Å². The molecule has 0 spiro atoms. The summed E-state index contributed by atoms with van der Waals surface area (Å²) in [5.74, 6) is 0.910.